The minimum absolute atomic E-state index is 0.0502. The molecule has 2 N–H and O–H groups in total. The normalized spacial score (nSPS) is 15.7. The number of fused-ring (bicyclic) bond motifs is 1. The number of nitrogens with zero attached hydrogens (tertiary/aromatic N) is 2. The van der Waals surface area contributed by atoms with Gasteiger partial charge in [0.2, 0.25) is 5.91 Å². The van der Waals surface area contributed by atoms with E-state index < -0.39 is 11.8 Å². The smallest absolute Gasteiger partial charge is 0.239 e. The van der Waals surface area contributed by atoms with E-state index in [2.05, 4.69) is 19.9 Å². The van der Waals surface area contributed by atoms with E-state index in [1.807, 2.05) is 66.1 Å². The van der Waals surface area contributed by atoms with Crippen LogP contribution < -0.4 is 5.73 Å². The molecule has 5 heteroatoms. The lowest BCUT2D eigenvalue weighted by Gasteiger charge is -2.30. The lowest BCUT2D eigenvalue weighted by molar-refractivity contribution is -0.118. The Balaban J connectivity index is 2.17. The summed E-state index contributed by atoms with van der Waals surface area (Å²) < 4.78 is 2.05. The van der Waals surface area contributed by atoms with Gasteiger partial charge in [-0.2, -0.15) is 5.26 Å². The van der Waals surface area contributed by atoms with Crippen molar-refractivity contribution in [1.29, 1.82) is 5.26 Å². The van der Waals surface area contributed by atoms with Crippen molar-refractivity contribution in [2.45, 2.75) is 39.5 Å². The molecule has 1 aliphatic carbocycles. The summed E-state index contributed by atoms with van der Waals surface area (Å²) in [6.07, 6.45) is 1.01. The maximum absolute atomic E-state index is 13.4. The first-order chi connectivity index (χ1) is 14.7. The van der Waals surface area contributed by atoms with E-state index in [-0.39, 0.29) is 11.2 Å². The second kappa shape index (κ2) is 7.55. The number of carbonyl (C=O) groups is 2. The summed E-state index contributed by atoms with van der Waals surface area (Å²) in [5.41, 5.74) is 10.7. The number of hydrogen-bond donors (Lipinski definition) is 1. The van der Waals surface area contributed by atoms with Crippen LogP contribution in [0.5, 0.6) is 0 Å². The molecule has 4 rings (SSSR count). The molecule has 1 amide bonds. The van der Waals surface area contributed by atoms with Crippen LogP contribution in [0.4, 0.5) is 0 Å². The molecular formula is C26H25N3O2. The highest BCUT2D eigenvalue weighted by molar-refractivity contribution is 6.05. The van der Waals surface area contributed by atoms with E-state index in [0.717, 1.165) is 22.5 Å². The van der Waals surface area contributed by atoms with Crippen LogP contribution in [-0.2, 0) is 11.2 Å². The first-order valence-corrected chi connectivity index (χ1v) is 10.4. The zero-order valence-electron chi connectivity index (χ0n) is 18.0. The number of carbonyl (C=O) groups excluding carboxylic acids is 2. The van der Waals surface area contributed by atoms with Crippen molar-refractivity contribution in [3.8, 4) is 23.0 Å². The van der Waals surface area contributed by atoms with Gasteiger partial charge in [-0.15, -0.1) is 0 Å². The third-order valence-electron chi connectivity index (χ3n) is 5.91. The number of primary amides is 1. The van der Waals surface area contributed by atoms with Gasteiger partial charge >= 0.3 is 0 Å². The number of benzene rings is 2. The topological polar surface area (TPSA) is 88.9 Å². The fraction of sp³-hybridized carbons (Fsp3) is 0.269. The molecule has 0 aliphatic heterocycles. The largest absolute Gasteiger partial charge is 0.368 e. The lowest BCUT2D eigenvalue weighted by atomic mass is 9.74. The van der Waals surface area contributed by atoms with E-state index in [9.17, 15) is 14.9 Å². The Morgan fingerprint density at radius 1 is 1.10 bits per heavy atom. The Morgan fingerprint density at radius 3 is 2.32 bits per heavy atom. The van der Waals surface area contributed by atoms with Crippen LogP contribution in [-0.4, -0.2) is 16.3 Å². The highest BCUT2D eigenvalue weighted by Crippen LogP contribution is 2.45. The Labute approximate surface area is 182 Å². The van der Waals surface area contributed by atoms with E-state index in [1.54, 1.807) is 0 Å². The number of Topliss-reactive ketones (excluding diaryl/α,β-unsaturated/α-hetero) is 1. The van der Waals surface area contributed by atoms with Gasteiger partial charge in [0.15, 0.2) is 11.7 Å². The molecule has 31 heavy (non-hydrogen) atoms. The van der Waals surface area contributed by atoms with Crippen LogP contribution in [0.1, 0.15) is 53.4 Å². The van der Waals surface area contributed by atoms with Crippen molar-refractivity contribution < 1.29 is 9.59 Å². The molecule has 3 aromatic rings. The third kappa shape index (κ3) is 3.55. The Bertz CT molecular complexity index is 1210. The summed E-state index contributed by atoms with van der Waals surface area (Å²) in [5.74, 6) is -2.01. The summed E-state index contributed by atoms with van der Waals surface area (Å²) in [4.78, 5) is 25.7. The molecule has 1 aromatic heterocycles. The van der Waals surface area contributed by atoms with Crippen LogP contribution in [0, 0.1) is 23.7 Å². The van der Waals surface area contributed by atoms with Crippen molar-refractivity contribution in [3.05, 3.63) is 77.0 Å². The zero-order valence-corrected chi connectivity index (χ0v) is 18.0. The van der Waals surface area contributed by atoms with Crippen molar-refractivity contribution in [2.75, 3.05) is 0 Å². The van der Waals surface area contributed by atoms with Gasteiger partial charge in [-0.25, -0.2) is 0 Å². The SMILES string of the molecule is Cc1ccc(-n2c3c(c(C(C#N)C(N)=O)c2-c2ccccc2)C(=O)CC(C)(C)C3)cc1. The van der Waals surface area contributed by atoms with Crippen molar-refractivity contribution in [2.24, 2.45) is 11.1 Å². The Hall–Kier alpha value is -3.65. The van der Waals surface area contributed by atoms with E-state index in [1.165, 1.54) is 0 Å². The molecule has 2 aromatic carbocycles. The van der Waals surface area contributed by atoms with Gasteiger partial charge in [0, 0.05) is 28.9 Å². The van der Waals surface area contributed by atoms with Gasteiger partial charge in [0.05, 0.1) is 11.8 Å². The van der Waals surface area contributed by atoms with Gasteiger partial charge in [0.1, 0.15) is 0 Å². The third-order valence-corrected chi connectivity index (χ3v) is 5.91. The number of amides is 1. The fourth-order valence-corrected chi connectivity index (χ4v) is 4.57. The zero-order chi connectivity index (χ0) is 22.3. The standard InChI is InChI=1S/C26H25N3O2/c1-16-9-11-18(12-10-16)29-20-13-26(2,3)14-21(30)23(20)22(19(15-27)25(28)31)24(29)17-7-5-4-6-8-17/h4-12,19H,13-14H2,1-3H3,(H2,28,31). The lowest BCUT2D eigenvalue weighted by Crippen LogP contribution is -2.29. The van der Waals surface area contributed by atoms with Crippen molar-refractivity contribution in [1.82, 2.24) is 4.57 Å². The van der Waals surface area contributed by atoms with Crippen LogP contribution in [0.3, 0.4) is 0 Å². The molecule has 0 saturated heterocycles. The summed E-state index contributed by atoms with van der Waals surface area (Å²) in [6, 6.07) is 19.7. The van der Waals surface area contributed by atoms with Crippen LogP contribution >= 0.6 is 0 Å². The predicted molar refractivity (Wildman–Crippen MR) is 120 cm³/mol. The van der Waals surface area contributed by atoms with E-state index in [4.69, 9.17) is 5.73 Å². The van der Waals surface area contributed by atoms with Gasteiger partial charge in [-0.05, 0) is 36.5 Å². The van der Waals surface area contributed by atoms with Crippen LogP contribution in [0.15, 0.2) is 54.6 Å². The molecule has 0 saturated carbocycles. The average molecular weight is 412 g/mol. The molecule has 0 spiro atoms. The molecule has 5 nitrogen and oxygen atoms in total. The highest BCUT2D eigenvalue weighted by Gasteiger charge is 2.41. The van der Waals surface area contributed by atoms with Gasteiger partial charge in [-0.1, -0.05) is 61.9 Å². The molecule has 1 aliphatic rings. The molecule has 0 radical (unpaired) electrons. The minimum atomic E-state index is -1.21. The van der Waals surface area contributed by atoms with Gasteiger partial charge in [0.25, 0.3) is 0 Å². The van der Waals surface area contributed by atoms with E-state index >= 15 is 0 Å². The second-order valence-corrected chi connectivity index (χ2v) is 9.03. The molecule has 1 heterocycles. The first-order valence-electron chi connectivity index (χ1n) is 10.4. The maximum Gasteiger partial charge on any atom is 0.239 e. The number of ketones is 1. The monoisotopic (exact) mass is 411 g/mol. The van der Waals surface area contributed by atoms with Crippen LogP contribution in [0.25, 0.3) is 16.9 Å². The summed E-state index contributed by atoms with van der Waals surface area (Å²) in [5, 5.41) is 9.86. The quantitative estimate of drug-likeness (QED) is 0.675. The molecule has 1 atom stereocenters. The highest BCUT2D eigenvalue weighted by atomic mass is 16.1. The number of hydrogen-bond acceptors (Lipinski definition) is 3. The van der Waals surface area contributed by atoms with Gasteiger partial charge < -0.3 is 10.3 Å². The number of nitrogens with two attached hydrogens (primary N) is 1. The van der Waals surface area contributed by atoms with Gasteiger partial charge in [-0.3, -0.25) is 9.59 Å². The number of aromatic nitrogens is 1. The molecule has 0 bridgehead atoms. The summed E-state index contributed by atoms with van der Waals surface area (Å²) in [6.45, 7) is 6.15. The predicted octanol–water partition coefficient (Wildman–Crippen LogP) is 4.70. The molecular weight excluding hydrogens is 386 g/mol. The Morgan fingerprint density at radius 2 is 1.74 bits per heavy atom. The van der Waals surface area contributed by atoms with E-state index in [0.29, 0.717) is 29.7 Å². The molecule has 1 unspecified atom stereocenters. The molecule has 156 valence electrons. The second-order valence-electron chi connectivity index (χ2n) is 9.03. The molecule has 0 fully saturated rings. The number of nitriles is 1. The fourth-order valence-electron chi connectivity index (χ4n) is 4.57. The number of aryl methyl sites for hydroxylation is 1. The van der Waals surface area contributed by atoms with Crippen molar-refractivity contribution >= 4 is 11.7 Å². The first kappa shape index (κ1) is 20.6. The maximum atomic E-state index is 13.4. The minimum Gasteiger partial charge on any atom is -0.368 e. The van der Waals surface area contributed by atoms with Crippen LogP contribution in [0.2, 0.25) is 0 Å². The summed E-state index contributed by atoms with van der Waals surface area (Å²) in [7, 11) is 0. The van der Waals surface area contributed by atoms with Crippen molar-refractivity contribution in [3.63, 3.8) is 0 Å². The Kier molecular flexibility index (Phi) is 5.02. The number of rotatable bonds is 4. The average Bonchev–Trinajstić information content (AvgIpc) is 3.03. The summed E-state index contributed by atoms with van der Waals surface area (Å²) >= 11 is 0.